The number of carbonyl (C=O) groups is 3. The Balaban J connectivity index is 1.23. The molecular weight excluding hydrogens is 602 g/mol. The zero-order valence-corrected chi connectivity index (χ0v) is 28.0. The van der Waals surface area contributed by atoms with Crippen LogP contribution < -0.4 is 5.32 Å². The molecule has 6 rings (SSSR count). The Morgan fingerprint density at radius 1 is 1.00 bits per heavy atom. The van der Waals surface area contributed by atoms with Gasteiger partial charge in [-0.3, -0.25) is 9.80 Å². The molecular formula is C36H48ClN5O4. The summed E-state index contributed by atoms with van der Waals surface area (Å²) in [5, 5.41) is 3.75. The van der Waals surface area contributed by atoms with E-state index in [9.17, 15) is 14.4 Å². The van der Waals surface area contributed by atoms with Gasteiger partial charge in [-0.15, -0.1) is 0 Å². The average molecular weight is 650 g/mol. The fourth-order valence-electron chi connectivity index (χ4n) is 8.33. The molecule has 4 aliphatic heterocycles. The van der Waals surface area contributed by atoms with Crippen molar-refractivity contribution in [2.24, 2.45) is 11.8 Å². The number of ether oxygens (including phenoxy) is 1. The molecule has 0 spiro atoms. The van der Waals surface area contributed by atoms with E-state index >= 15 is 0 Å². The lowest BCUT2D eigenvalue weighted by molar-refractivity contribution is -0.129. The molecule has 2 aromatic rings. The Morgan fingerprint density at radius 2 is 1.72 bits per heavy atom. The number of carbonyl (C=O) groups excluding carboxylic acids is 3. The number of para-hydroxylation sites is 1. The number of fused-ring (bicyclic) bond motifs is 1. The quantitative estimate of drug-likeness (QED) is 0.361. The van der Waals surface area contributed by atoms with Gasteiger partial charge >= 0.3 is 12.1 Å². The minimum Gasteiger partial charge on any atom is -0.444 e. The smallest absolute Gasteiger partial charge is 0.411 e. The number of nitrogens with zero attached hydrogens (tertiary/aromatic N) is 4. The van der Waals surface area contributed by atoms with E-state index < -0.39 is 11.8 Å². The number of piperidine rings is 3. The van der Waals surface area contributed by atoms with Gasteiger partial charge in [0.25, 0.3) is 0 Å². The van der Waals surface area contributed by atoms with Crippen molar-refractivity contribution in [2.75, 3.05) is 51.6 Å². The zero-order valence-electron chi connectivity index (χ0n) is 27.3. The Bertz CT molecular complexity index is 1410. The number of hydrogen-bond donors (Lipinski definition) is 1. The Kier molecular flexibility index (Phi) is 10.2. The minimum atomic E-state index is -0.871. The molecule has 3 amide bonds. The molecule has 0 radical (unpaired) electrons. The topological polar surface area (TPSA) is 85.4 Å². The van der Waals surface area contributed by atoms with Crippen LogP contribution in [0.15, 0.2) is 42.5 Å². The van der Waals surface area contributed by atoms with Gasteiger partial charge in [-0.05, 0) is 106 Å². The number of nitrogens with one attached hydrogen (secondary N) is 1. The van der Waals surface area contributed by atoms with Gasteiger partial charge in [0.05, 0.1) is 0 Å². The number of halogens is 1. The normalized spacial score (nSPS) is 25.5. The highest BCUT2D eigenvalue weighted by atomic mass is 35.5. The van der Waals surface area contributed by atoms with Crippen molar-refractivity contribution in [3.63, 3.8) is 0 Å². The summed E-state index contributed by atoms with van der Waals surface area (Å²) in [4.78, 5) is 48.6. The van der Waals surface area contributed by atoms with E-state index in [0.717, 1.165) is 80.0 Å². The molecule has 2 atom stereocenters. The first-order valence-electron chi connectivity index (χ1n) is 17.0. The van der Waals surface area contributed by atoms with Gasteiger partial charge in [0.1, 0.15) is 18.6 Å². The summed E-state index contributed by atoms with van der Waals surface area (Å²) in [5.41, 5.74) is 2.88. The van der Waals surface area contributed by atoms with Crippen molar-refractivity contribution in [1.29, 1.82) is 0 Å². The Labute approximate surface area is 278 Å². The third kappa shape index (κ3) is 6.92. The molecule has 4 aliphatic rings. The largest absolute Gasteiger partial charge is 0.444 e. The number of amides is 3. The molecule has 0 bridgehead atoms. The molecule has 10 heteroatoms. The highest BCUT2D eigenvalue weighted by Gasteiger charge is 2.52. The second-order valence-electron chi connectivity index (χ2n) is 13.8. The second kappa shape index (κ2) is 14.3. The summed E-state index contributed by atoms with van der Waals surface area (Å²) in [5.74, 6) is 1.38. The number of aldehydes is 1. The van der Waals surface area contributed by atoms with Crippen LogP contribution in [0.25, 0.3) is 0 Å². The van der Waals surface area contributed by atoms with Crippen molar-refractivity contribution in [3.05, 3.63) is 64.2 Å². The molecule has 0 saturated carbocycles. The van der Waals surface area contributed by atoms with Gasteiger partial charge in [-0.1, -0.05) is 41.9 Å². The average Bonchev–Trinajstić information content (AvgIpc) is 3.23. The van der Waals surface area contributed by atoms with Gasteiger partial charge in [0, 0.05) is 55.8 Å². The van der Waals surface area contributed by atoms with Crippen LogP contribution in [0.5, 0.6) is 0 Å². The molecule has 4 heterocycles. The van der Waals surface area contributed by atoms with Crippen LogP contribution in [0.1, 0.15) is 61.6 Å². The maximum absolute atomic E-state index is 14.0. The SMILES string of the molecule is Cc1ccc(COC(=O)N2CC[C@@H](N3CCc4ccccc4NC3=O)C[C@@]2(CC=O)N2CCC(C3CCN(C)CC3)CC2)cc1Cl. The predicted molar refractivity (Wildman–Crippen MR) is 180 cm³/mol. The van der Waals surface area contributed by atoms with Crippen LogP contribution in [0.2, 0.25) is 5.02 Å². The molecule has 0 aliphatic carbocycles. The monoisotopic (exact) mass is 649 g/mol. The summed E-state index contributed by atoms with van der Waals surface area (Å²) >= 11 is 6.35. The molecule has 3 saturated heterocycles. The molecule has 9 nitrogen and oxygen atoms in total. The van der Waals surface area contributed by atoms with Gasteiger partial charge in [-0.2, -0.15) is 0 Å². The highest BCUT2D eigenvalue weighted by molar-refractivity contribution is 6.31. The number of anilines is 1. The molecule has 2 aromatic carbocycles. The minimum absolute atomic E-state index is 0.0981. The summed E-state index contributed by atoms with van der Waals surface area (Å²) in [6.07, 6.45) is 7.11. The standard InChI is InChI=1S/C36H48ClN5O4/c1-26-7-8-27(23-32(26)37)25-46-35(45)42-21-14-31(41-20-13-30-5-3-4-6-33(30)38-34(41)44)24-36(42,15-22-43)40-18-11-29(12-19-40)28-9-16-39(2)17-10-28/h3-8,22-23,28-29,31H,9-21,24-25H2,1-2H3,(H,38,44)/t31-,36+/m1/s1. The van der Waals surface area contributed by atoms with Crippen LogP contribution in [-0.2, 0) is 22.6 Å². The Hall–Kier alpha value is -3.14. The predicted octanol–water partition coefficient (Wildman–Crippen LogP) is 6.18. The van der Waals surface area contributed by atoms with Crippen LogP contribution in [0, 0.1) is 18.8 Å². The van der Waals surface area contributed by atoms with Gasteiger partial charge < -0.3 is 24.6 Å². The summed E-state index contributed by atoms with van der Waals surface area (Å²) in [6, 6.07) is 13.4. The third-order valence-electron chi connectivity index (χ3n) is 11.1. The maximum atomic E-state index is 14.0. The summed E-state index contributed by atoms with van der Waals surface area (Å²) in [7, 11) is 2.20. The van der Waals surface area contributed by atoms with Crippen LogP contribution in [0.3, 0.4) is 0 Å². The van der Waals surface area contributed by atoms with E-state index in [1.165, 1.54) is 12.8 Å². The lowest BCUT2D eigenvalue weighted by Crippen LogP contribution is -2.69. The van der Waals surface area contributed by atoms with Crippen molar-refractivity contribution < 1.29 is 19.1 Å². The van der Waals surface area contributed by atoms with Crippen LogP contribution in [-0.4, -0.2) is 96.0 Å². The van der Waals surface area contributed by atoms with Crippen molar-refractivity contribution in [3.8, 4) is 0 Å². The fraction of sp³-hybridized carbons (Fsp3) is 0.583. The molecule has 3 fully saturated rings. The first-order chi connectivity index (χ1) is 22.3. The number of rotatable bonds is 7. The van der Waals surface area contributed by atoms with Crippen molar-refractivity contribution >= 4 is 35.7 Å². The van der Waals surface area contributed by atoms with Gasteiger partial charge in [-0.25, -0.2) is 9.59 Å². The lowest BCUT2D eigenvalue weighted by atomic mass is 9.77. The third-order valence-corrected chi connectivity index (χ3v) is 11.5. The molecule has 248 valence electrons. The van der Waals surface area contributed by atoms with Crippen LogP contribution >= 0.6 is 11.6 Å². The zero-order chi connectivity index (χ0) is 32.3. The number of likely N-dealkylation sites (tertiary alicyclic amines) is 3. The lowest BCUT2D eigenvalue weighted by Gasteiger charge is -2.57. The number of hydrogen-bond acceptors (Lipinski definition) is 6. The molecule has 0 unspecified atom stereocenters. The number of benzene rings is 2. The number of urea groups is 1. The van der Waals surface area contributed by atoms with Crippen molar-refractivity contribution in [1.82, 2.24) is 19.6 Å². The fourth-order valence-corrected chi connectivity index (χ4v) is 8.54. The molecule has 46 heavy (non-hydrogen) atoms. The maximum Gasteiger partial charge on any atom is 0.411 e. The summed E-state index contributed by atoms with van der Waals surface area (Å²) in [6.45, 7) is 6.94. The first-order valence-corrected chi connectivity index (χ1v) is 17.4. The number of aryl methyl sites for hydroxylation is 1. The Morgan fingerprint density at radius 3 is 2.43 bits per heavy atom. The highest BCUT2D eigenvalue weighted by Crippen LogP contribution is 2.42. The molecule has 1 N–H and O–H groups in total. The van der Waals surface area contributed by atoms with E-state index in [2.05, 4.69) is 28.2 Å². The van der Waals surface area contributed by atoms with Gasteiger partial charge in [0.2, 0.25) is 0 Å². The first kappa shape index (κ1) is 32.8. The molecule has 0 aromatic heterocycles. The van der Waals surface area contributed by atoms with E-state index in [4.69, 9.17) is 16.3 Å². The second-order valence-corrected chi connectivity index (χ2v) is 14.2. The van der Waals surface area contributed by atoms with Crippen LogP contribution in [0.4, 0.5) is 15.3 Å². The van der Waals surface area contributed by atoms with E-state index in [-0.39, 0.29) is 25.1 Å². The van der Waals surface area contributed by atoms with Gasteiger partial charge in [0.15, 0.2) is 0 Å². The van der Waals surface area contributed by atoms with Crippen molar-refractivity contribution in [2.45, 2.75) is 76.6 Å². The van der Waals surface area contributed by atoms with E-state index in [0.29, 0.717) is 36.9 Å². The van der Waals surface area contributed by atoms with E-state index in [1.807, 2.05) is 48.2 Å². The van der Waals surface area contributed by atoms with E-state index in [1.54, 1.807) is 4.90 Å². The summed E-state index contributed by atoms with van der Waals surface area (Å²) < 4.78 is 5.93.